The zero-order valence-corrected chi connectivity index (χ0v) is 14.3. The number of nitrogens with one attached hydrogen (secondary N) is 1. The van der Waals surface area contributed by atoms with Crippen LogP contribution in [0.25, 0.3) is 0 Å². The Balaban J connectivity index is 1.90. The van der Waals surface area contributed by atoms with Gasteiger partial charge in [-0.05, 0) is 34.6 Å². The first-order valence-electron chi connectivity index (χ1n) is 7.97. The molecule has 0 atom stereocenters. The molecular weight excluding hydrogens is 294 g/mol. The number of aryl methyl sites for hydroxylation is 2. The van der Waals surface area contributed by atoms with Gasteiger partial charge in [0.05, 0.1) is 23.7 Å². The number of anilines is 1. The van der Waals surface area contributed by atoms with Crippen molar-refractivity contribution in [1.29, 1.82) is 0 Å². The number of hydrogen-bond donors (Lipinski definition) is 1. The van der Waals surface area contributed by atoms with E-state index in [2.05, 4.69) is 29.4 Å². The van der Waals surface area contributed by atoms with Crippen LogP contribution in [0, 0.1) is 20.8 Å². The number of aromatic nitrogens is 4. The first-order chi connectivity index (χ1) is 10.9. The Kier molecular flexibility index (Phi) is 3.87. The van der Waals surface area contributed by atoms with E-state index in [9.17, 15) is 4.79 Å². The van der Waals surface area contributed by atoms with Gasteiger partial charge in [-0.1, -0.05) is 0 Å². The highest BCUT2D eigenvalue weighted by atomic mass is 16.5. The maximum Gasteiger partial charge on any atom is 0.276 e. The Hall–Kier alpha value is -2.31. The summed E-state index contributed by atoms with van der Waals surface area (Å²) in [5.74, 6) is 0.482. The second-order valence-corrected chi connectivity index (χ2v) is 6.24. The maximum absolute atomic E-state index is 12.7. The van der Waals surface area contributed by atoms with Gasteiger partial charge in [-0.2, -0.15) is 10.2 Å². The number of ether oxygens (including phenoxy) is 1. The third-order valence-electron chi connectivity index (χ3n) is 4.15. The van der Waals surface area contributed by atoms with Crippen LogP contribution in [-0.4, -0.2) is 32.1 Å². The lowest BCUT2D eigenvalue weighted by Crippen LogP contribution is -2.16. The van der Waals surface area contributed by atoms with E-state index >= 15 is 0 Å². The molecule has 0 saturated carbocycles. The summed E-state index contributed by atoms with van der Waals surface area (Å²) in [5.41, 5.74) is 3.72. The minimum atomic E-state index is -0.220. The Labute approximate surface area is 135 Å². The standard InChI is InChI=1S/C16H23N5O2/c1-9(2)21-12(5)14(11(4)18-21)17-15(22)13-10(3)16-20(19-13)7-6-8-23-16/h9H,6-8H2,1-5H3,(H,17,22). The van der Waals surface area contributed by atoms with E-state index in [1.54, 1.807) is 4.68 Å². The van der Waals surface area contributed by atoms with Crippen molar-refractivity contribution >= 4 is 11.6 Å². The molecular formula is C16H23N5O2. The van der Waals surface area contributed by atoms with E-state index < -0.39 is 0 Å². The van der Waals surface area contributed by atoms with E-state index in [0.717, 1.165) is 35.6 Å². The molecule has 1 aliphatic rings. The van der Waals surface area contributed by atoms with Gasteiger partial charge in [-0.25, -0.2) is 4.68 Å². The van der Waals surface area contributed by atoms with Crippen molar-refractivity contribution in [3.8, 4) is 5.88 Å². The summed E-state index contributed by atoms with van der Waals surface area (Å²) in [6, 6.07) is 0.245. The molecule has 0 aromatic carbocycles. The van der Waals surface area contributed by atoms with E-state index in [1.165, 1.54) is 0 Å². The molecule has 7 nitrogen and oxygen atoms in total. The SMILES string of the molecule is Cc1nn(C(C)C)c(C)c1NC(=O)c1nn2c(c1C)OCCC2. The molecule has 3 heterocycles. The van der Waals surface area contributed by atoms with Gasteiger partial charge < -0.3 is 10.1 Å². The topological polar surface area (TPSA) is 74.0 Å². The number of rotatable bonds is 3. The van der Waals surface area contributed by atoms with Crippen molar-refractivity contribution in [3.05, 3.63) is 22.6 Å². The normalized spacial score (nSPS) is 13.8. The summed E-state index contributed by atoms with van der Waals surface area (Å²) in [6.45, 7) is 11.3. The first kappa shape index (κ1) is 15.6. The van der Waals surface area contributed by atoms with Crippen LogP contribution in [-0.2, 0) is 6.54 Å². The molecule has 1 aliphatic heterocycles. The zero-order chi connectivity index (χ0) is 16.7. The third-order valence-corrected chi connectivity index (χ3v) is 4.15. The van der Waals surface area contributed by atoms with Crippen LogP contribution >= 0.6 is 0 Å². The quantitative estimate of drug-likeness (QED) is 0.944. The van der Waals surface area contributed by atoms with Crippen LogP contribution < -0.4 is 10.1 Å². The van der Waals surface area contributed by atoms with E-state index in [4.69, 9.17) is 4.74 Å². The van der Waals surface area contributed by atoms with Crippen molar-refractivity contribution in [2.75, 3.05) is 11.9 Å². The molecule has 0 unspecified atom stereocenters. The molecule has 0 bridgehead atoms. The van der Waals surface area contributed by atoms with Gasteiger partial charge in [0, 0.05) is 24.6 Å². The van der Waals surface area contributed by atoms with Gasteiger partial charge in [0.25, 0.3) is 5.91 Å². The summed E-state index contributed by atoms with van der Waals surface area (Å²) < 4.78 is 9.31. The molecule has 1 N–H and O–H groups in total. The average molecular weight is 317 g/mol. The van der Waals surface area contributed by atoms with Crippen molar-refractivity contribution in [2.45, 2.75) is 53.6 Å². The lowest BCUT2D eigenvalue weighted by Gasteiger charge is -2.14. The molecule has 7 heteroatoms. The number of nitrogens with zero attached hydrogens (tertiary/aromatic N) is 4. The number of fused-ring (bicyclic) bond motifs is 1. The Morgan fingerprint density at radius 1 is 1.26 bits per heavy atom. The summed E-state index contributed by atoms with van der Waals surface area (Å²) in [7, 11) is 0. The average Bonchev–Trinajstić information content (AvgIpc) is 2.99. The summed E-state index contributed by atoms with van der Waals surface area (Å²) >= 11 is 0. The van der Waals surface area contributed by atoms with Gasteiger partial charge in [0.2, 0.25) is 5.88 Å². The third kappa shape index (κ3) is 2.60. The smallest absolute Gasteiger partial charge is 0.276 e. The molecule has 0 radical (unpaired) electrons. The van der Waals surface area contributed by atoms with Crippen LogP contribution in [0.5, 0.6) is 5.88 Å². The molecule has 0 saturated heterocycles. The van der Waals surface area contributed by atoms with Gasteiger partial charge in [0.1, 0.15) is 0 Å². The Morgan fingerprint density at radius 2 is 2.00 bits per heavy atom. The van der Waals surface area contributed by atoms with Gasteiger partial charge in [0.15, 0.2) is 5.69 Å². The van der Waals surface area contributed by atoms with Crippen LogP contribution in [0.15, 0.2) is 0 Å². The summed E-state index contributed by atoms with van der Waals surface area (Å²) in [4.78, 5) is 12.7. The second kappa shape index (κ2) is 5.72. The van der Waals surface area contributed by atoms with Crippen molar-refractivity contribution in [3.63, 3.8) is 0 Å². The summed E-state index contributed by atoms with van der Waals surface area (Å²) in [5, 5.41) is 11.9. The van der Waals surface area contributed by atoms with Gasteiger partial charge in [-0.3, -0.25) is 9.48 Å². The predicted molar refractivity (Wildman–Crippen MR) is 87.1 cm³/mol. The lowest BCUT2D eigenvalue weighted by molar-refractivity contribution is 0.102. The van der Waals surface area contributed by atoms with E-state index in [1.807, 2.05) is 25.5 Å². The molecule has 0 spiro atoms. The largest absolute Gasteiger partial charge is 0.478 e. The fourth-order valence-corrected chi connectivity index (χ4v) is 2.99. The zero-order valence-electron chi connectivity index (χ0n) is 14.3. The number of amides is 1. The molecule has 23 heavy (non-hydrogen) atoms. The number of hydrogen-bond acceptors (Lipinski definition) is 4. The monoisotopic (exact) mass is 317 g/mol. The highest BCUT2D eigenvalue weighted by molar-refractivity contribution is 6.04. The first-order valence-corrected chi connectivity index (χ1v) is 7.97. The van der Waals surface area contributed by atoms with Crippen molar-refractivity contribution < 1.29 is 9.53 Å². The van der Waals surface area contributed by atoms with E-state index in [-0.39, 0.29) is 11.9 Å². The molecule has 124 valence electrons. The highest BCUT2D eigenvalue weighted by Gasteiger charge is 2.25. The van der Waals surface area contributed by atoms with Crippen molar-refractivity contribution in [2.24, 2.45) is 0 Å². The fraction of sp³-hybridized carbons (Fsp3) is 0.562. The molecule has 0 fully saturated rings. The van der Waals surface area contributed by atoms with Crippen LogP contribution in [0.1, 0.15) is 53.7 Å². The van der Waals surface area contributed by atoms with Gasteiger partial charge >= 0.3 is 0 Å². The van der Waals surface area contributed by atoms with Crippen LogP contribution in [0.4, 0.5) is 5.69 Å². The minimum Gasteiger partial charge on any atom is -0.478 e. The highest BCUT2D eigenvalue weighted by Crippen LogP contribution is 2.27. The summed E-state index contributed by atoms with van der Waals surface area (Å²) in [6.07, 6.45) is 0.911. The molecule has 0 aliphatic carbocycles. The maximum atomic E-state index is 12.7. The number of carbonyl (C=O) groups is 1. The minimum absolute atomic E-state index is 0.220. The fourth-order valence-electron chi connectivity index (χ4n) is 2.99. The van der Waals surface area contributed by atoms with Crippen molar-refractivity contribution in [1.82, 2.24) is 19.6 Å². The molecule has 2 aromatic rings. The Morgan fingerprint density at radius 3 is 2.61 bits per heavy atom. The molecule has 1 amide bonds. The lowest BCUT2D eigenvalue weighted by atomic mass is 10.2. The second-order valence-electron chi connectivity index (χ2n) is 6.24. The van der Waals surface area contributed by atoms with Gasteiger partial charge in [-0.15, -0.1) is 0 Å². The Bertz CT molecular complexity index is 757. The molecule has 3 rings (SSSR count). The molecule has 2 aromatic heterocycles. The van der Waals surface area contributed by atoms with Crippen LogP contribution in [0.3, 0.4) is 0 Å². The number of carbonyl (C=O) groups excluding carboxylic acids is 1. The van der Waals surface area contributed by atoms with E-state index in [0.29, 0.717) is 18.2 Å². The van der Waals surface area contributed by atoms with Crippen LogP contribution in [0.2, 0.25) is 0 Å². The predicted octanol–water partition coefficient (Wildman–Crippen LogP) is 2.62.